The van der Waals surface area contributed by atoms with Gasteiger partial charge in [-0.15, -0.1) is 0 Å². The number of fused-ring (bicyclic) bond motifs is 1. The number of rotatable bonds is 5. The van der Waals surface area contributed by atoms with Gasteiger partial charge in [0.1, 0.15) is 12.4 Å². The quantitative estimate of drug-likeness (QED) is 0.361. The summed E-state index contributed by atoms with van der Waals surface area (Å²) in [6.45, 7) is 2.08. The smallest absolute Gasteiger partial charge is 0.264 e. The molecule has 8 heteroatoms. The second kappa shape index (κ2) is 9.60. The van der Waals surface area contributed by atoms with Crippen LogP contribution < -0.4 is 10.6 Å². The topological polar surface area (TPSA) is 75.5 Å². The van der Waals surface area contributed by atoms with Crippen LogP contribution in [0.2, 0.25) is 0 Å². The van der Waals surface area contributed by atoms with Gasteiger partial charge < -0.3 is 15.2 Å². The van der Waals surface area contributed by atoms with Gasteiger partial charge in [-0.1, -0.05) is 35.9 Å². The lowest BCUT2D eigenvalue weighted by molar-refractivity contribution is -0.117. The molecular formula is C27H21FN4O2S. The maximum atomic E-state index is 13.1. The summed E-state index contributed by atoms with van der Waals surface area (Å²) in [5.41, 5.74) is 4.12. The van der Waals surface area contributed by atoms with Crippen LogP contribution in [0.5, 0.6) is 0 Å². The first-order chi connectivity index (χ1) is 16.9. The summed E-state index contributed by atoms with van der Waals surface area (Å²) in [5.74, 6) is -0.818. The molecule has 1 aromatic heterocycles. The van der Waals surface area contributed by atoms with E-state index in [4.69, 9.17) is 0 Å². The number of aryl methyl sites for hydroxylation is 1. The van der Waals surface area contributed by atoms with Gasteiger partial charge in [-0.2, -0.15) is 0 Å². The fourth-order valence-electron chi connectivity index (χ4n) is 3.77. The monoisotopic (exact) mass is 484 g/mol. The zero-order valence-electron chi connectivity index (χ0n) is 18.8. The van der Waals surface area contributed by atoms with Crippen LogP contribution in [-0.4, -0.2) is 21.5 Å². The molecule has 4 aromatic rings. The summed E-state index contributed by atoms with van der Waals surface area (Å²) in [4.78, 5) is 30.3. The molecule has 1 aliphatic rings. The Kier molecular flexibility index (Phi) is 6.20. The molecular weight excluding hydrogens is 463 g/mol. The minimum Gasteiger partial charge on any atom is -0.337 e. The Labute approximate surface area is 205 Å². The number of benzene rings is 3. The van der Waals surface area contributed by atoms with Crippen molar-refractivity contribution in [1.82, 2.24) is 9.88 Å². The van der Waals surface area contributed by atoms with Gasteiger partial charge in [-0.25, -0.2) is 9.38 Å². The van der Waals surface area contributed by atoms with Gasteiger partial charge in [0.25, 0.3) is 5.91 Å². The zero-order chi connectivity index (χ0) is 24.4. The highest BCUT2D eigenvalue weighted by Gasteiger charge is 2.24. The Bertz CT molecular complexity index is 1490. The lowest BCUT2D eigenvalue weighted by Gasteiger charge is -2.07. The van der Waals surface area contributed by atoms with Crippen LogP contribution in [0.3, 0.4) is 0 Å². The molecule has 5 rings (SSSR count). The van der Waals surface area contributed by atoms with Crippen molar-refractivity contribution in [3.05, 3.63) is 101 Å². The average molecular weight is 485 g/mol. The predicted molar refractivity (Wildman–Crippen MR) is 139 cm³/mol. The third-order valence-corrected chi connectivity index (χ3v) is 6.37. The molecule has 0 spiro atoms. The normalized spacial score (nSPS) is 15.7. The van der Waals surface area contributed by atoms with Crippen molar-refractivity contribution in [2.45, 2.75) is 13.5 Å². The summed E-state index contributed by atoms with van der Waals surface area (Å²) < 4.78 is 15.0. The summed E-state index contributed by atoms with van der Waals surface area (Å²) in [6.07, 6.45) is 3.67. The number of hydrogen-bond acceptors (Lipinski definition) is 4. The van der Waals surface area contributed by atoms with Crippen LogP contribution in [0.15, 0.2) is 88.9 Å². The van der Waals surface area contributed by atoms with Crippen LogP contribution in [-0.2, 0) is 16.1 Å². The fraction of sp³-hybridized carbons (Fsp3) is 0.0741. The van der Waals surface area contributed by atoms with Crippen LogP contribution in [0, 0.1) is 12.7 Å². The number of carbonyl (C=O) groups is 2. The number of hydrogen-bond donors (Lipinski definition) is 2. The molecule has 0 radical (unpaired) electrons. The van der Waals surface area contributed by atoms with E-state index in [1.165, 1.54) is 36.0 Å². The van der Waals surface area contributed by atoms with Crippen molar-refractivity contribution < 1.29 is 14.0 Å². The van der Waals surface area contributed by atoms with E-state index in [0.717, 1.165) is 27.7 Å². The lowest BCUT2D eigenvalue weighted by Crippen LogP contribution is -2.19. The third kappa shape index (κ3) is 5.17. The van der Waals surface area contributed by atoms with E-state index in [1.807, 2.05) is 72.3 Å². The van der Waals surface area contributed by atoms with Crippen LogP contribution >= 0.6 is 11.8 Å². The van der Waals surface area contributed by atoms with E-state index in [2.05, 4.69) is 15.6 Å². The number of halogens is 1. The van der Waals surface area contributed by atoms with E-state index in [1.54, 1.807) is 0 Å². The summed E-state index contributed by atoms with van der Waals surface area (Å²) in [5, 5.41) is 7.04. The van der Waals surface area contributed by atoms with Gasteiger partial charge in [0.15, 0.2) is 5.17 Å². The Morgan fingerprint density at radius 2 is 1.83 bits per heavy atom. The van der Waals surface area contributed by atoms with Crippen LogP contribution in [0.4, 0.5) is 15.8 Å². The number of amides is 2. The van der Waals surface area contributed by atoms with E-state index < -0.39 is 0 Å². The Balaban J connectivity index is 1.39. The Morgan fingerprint density at radius 1 is 1.09 bits per heavy atom. The van der Waals surface area contributed by atoms with Gasteiger partial charge in [0.2, 0.25) is 5.91 Å². The number of thioether (sulfide) groups is 1. The second-order valence-corrected chi connectivity index (χ2v) is 9.13. The molecule has 3 aromatic carbocycles. The van der Waals surface area contributed by atoms with Crippen LogP contribution in [0.1, 0.15) is 11.1 Å². The summed E-state index contributed by atoms with van der Waals surface area (Å²) >= 11 is 1.28. The number of aliphatic imine (C=N–C) groups is 1. The summed E-state index contributed by atoms with van der Waals surface area (Å²) in [7, 11) is 0. The predicted octanol–water partition coefficient (Wildman–Crippen LogP) is 5.62. The molecule has 0 unspecified atom stereocenters. The van der Waals surface area contributed by atoms with Gasteiger partial charge in [0, 0.05) is 28.4 Å². The number of para-hydroxylation sites is 1. The molecule has 0 atom stereocenters. The first-order valence-corrected chi connectivity index (χ1v) is 11.8. The first kappa shape index (κ1) is 22.6. The van der Waals surface area contributed by atoms with Gasteiger partial charge in [-0.3, -0.25) is 9.59 Å². The molecule has 0 saturated carbocycles. The second-order valence-electron chi connectivity index (χ2n) is 8.10. The average Bonchev–Trinajstić information content (AvgIpc) is 3.36. The molecule has 0 aliphatic carbocycles. The van der Waals surface area contributed by atoms with Crippen molar-refractivity contribution >= 4 is 57.1 Å². The standard InChI is InChI=1S/C27H21FN4O2S/c1-17-6-10-21(11-7-17)30-27-31-26(34)24(35-27)14-18-15-32(23-5-3-2-4-22(18)23)16-25(33)29-20-12-8-19(28)9-13-20/h2-15H,16H2,1H3,(H,29,33)(H,30,31,34)/b24-14+. The Morgan fingerprint density at radius 3 is 2.60 bits per heavy atom. The number of aromatic nitrogens is 1. The van der Waals surface area contributed by atoms with Gasteiger partial charge >= 0.3 is 0 Å². The van der Waals surface area contributed by atoms with Crippen molar-refractivity contribution in [2.24, 2.45) is 4.99 Å². The highest BCUT2D eigenvalue weighted by molar-refractivity contribution is 8.18. The largest absolute Gasteiger partial charge is 0.337 e. The number of carbonyl (C=O) groups excluding carboxylic acids is 2. The molecule has 35 heavy (non-hydrogen) atoms. The molecule has 1 fully saturated rings. The minimum absolute atomic E-state index is 0.0700. The fourth-order valence-corrected chi connectivity index (χ4v) is 4.60. The van der Waals surface area contributed by atoms with Crippen molar-refractivity contribution in [2.75, 3.05) is 5.32 Å². The minimum atomic E-state index is -0.363. The van der Waals surface area contributed by atoms with Crippen molar-refractivity contribution in [1.29, 1.82) is 0 Å². The SMILES string of the molecule is Cc1ccc(N=C2NC(=O)/C(=C\c3cn(CC(=O)Nc4ccc(F)cc4)c4ccccc34)S2)cc1. The third-order valence-electron chi connectivity index (χ3n) is 5.46. The highest BCUT2D eigenvalue weighted by Crippen LogP contribution is 2.31. The number of nitrogens with zero attached hydrogens (tertiary/aromatic N) is 2. The molecule has 2 N–H and O–H groups in total. The molecule has 1 aliphatic heterocycles. The molecule has 2 amide bonds. The van der Waals surface area contributed by atoms with E-state index >= 15 is 0 Å². The zero-order valence-corrected chi connectivity index (χ0v) is 19.6. The number of anilines is 1. The molecule has 0 bridgehead atoms. The molecule has 6 nitrogen and oxygen atoms in total. The van der Waals surface area contributed by atoms with Crippen molar-refractivity contribution in [3.8, 4) is 0 Å². The van der Waals surface area contributed by atoms with Gasteiger partial charge in [-0.05, 0) is 67.2 Å². The summed E-state index contributed by atoms with van der Waals surface area (Å²) in [6, 6.07) is 21.1. The maximum absolute atomic E-state index is 13.1. The molecule has 1 saturated heterocycles. The van der Waals surface area contributed by atoms with Crippen LogP contribution in [0.25, 0.3) is 17.0 Å². The van der Waals surface area contributed by atoms with Gasteiger partial charge in [0.05, 0.1) is 10.6 Å². The van der Waals surface area contributed by atoms with Crippen molar-refractivity contribution in [3.63, 3.8) is 0 Å². The molecule has 174 valence electrons. The number of nitrogens with one attached hydrogen (secondary N) is 2. The Hall–Kier alpha value is -4.17. The van der Waals surface area contributed by atoms with E-state index in [0.29, 0.717) is 15.8 Å². The first-order valence-electron chi connectivity index (χ1n) is 10.9. The number of amidine groups is 1. The lowest BCUT2D eigenvalue weighted by atomic mass is 10.1. The molecule has 2 heterocycles. The highest BCUT2D eigenvalue weighted by atomic mass is 32.2. The van der Waals surface area contributed by atoms with E-state index in [-0.39, 0.29) is 24.2 Å². The van der Waals surface area contributed by atoms with E-state index in [9.17, 15) is 14.0 Å². The maximum Gasteiger partial charge on any atom is 0.264 e.